The van der Waals surface area contributed by atoms with Crippen molar-refractivity contribution in [2.75, 3.05) is 33.5 Å². The summed E-state index contributed by atoms with van der Waals surface area (Å²) in [6, 6.07) is 49.4. The van der Waals surface area contributed by atoms with Gasteiger partial charge in [0.25, 0.3) is 11.8 Å². The molecule has 24 nitrogen and oxygen atoms in total. The first-order chi connectivity index (χ1) is 45.8. The van der Waals surface area contributed by atoms with Crippen molar-refractivity contribution in [1.29, 1.82) is 0 Å². The highest BCUT2D eigenvalue weighted by atomic mass is 16.8. The number of hydrogen-bond acceptors (Lipinski definition) is 21. The minimum Gasteiger partial charge on any atom is -0.497 e. The maximum absolute atomic E-state index is 15.3. The van der Waals surface area contributed by atoms with E-state index in [1.54, 1.807) is 36.4 Å². The molecule has 0 spiro atoms. The van der Waals surface area contributed by atoms with Crippen LogP contribution in [0.5, 0.6) is 5.75 Å². The number of fused-ring (bicyclic) bond motifs is 1. The molecular formula is C70H76N4O20. The summed E-state index contributed by atoms with van der Waals surface area (Å²) in [6.45, 7) is 3.97. The van der Waals surface area contributed by atoms with Gasteiger partial charge in [-0.15, -0.1) is 0 Å². The predicted molar refractivity (Wildman–Crippen MR) is 333 cm³/mol. The first-order valence-corrected chi connectivity index (χ1v) is 30.9. The number of imide groups is 1. The van der Waals surface area contributed by atoms with E-state index in [1.165, 1.54) is 26.2 Å². The lowest BCUT2D eigenvalue weighted by Crippen LogP contribution is -2.71. The van der Waals surface area contributed by atoms with Crippen LogP contribution in [0.25, 0.3) is 10.4 Å². The molecule has 10 rings (SSSR count). The minimum atomic E-state index is -1.87. The number of methoxy groups -OCH3 is 1. The second-order valence-electron chi connectivity index (χ2n) is 22.7. The minimum absolute atomic E-state index is 0.00823. The molecule has 3 fully saturated rings. The van der Waals surface area contributed by atoms with Crippen molar-refractivity contribution in [3.05, 3.63) is 219 Å². The topological polar surface area (TPSA) is 276 Å². The SMILES string of the molecule is COc1ccc(CO[C@H]2[C@@H](OC(C)=O)[C@@H](COC(C)=O)O[C@@H](O[C@H]3[C@H](O[C@@H]4O[C@@H](C)[C@@H](OCc5ccccc5)[C@@H](OCc5ccccc5)[C@@H]4OCc4ccccc4)[C@@H](COCc4ccccc4)O[C@@H](OCCN=[N+]=[N-])[C@@H]3N3C(=O)c4ccccc4C3=O)[C@@H]2OC(C)=O)cc1. The van der Waals surface area contributed by atoms with E-state index < -0.39 is 128 Å². The van der Waals surface area contributed by atoms with Crippen LogP contribution in [0.3, 0.4) is 0 Å². The molecule has 0 saturated carbocycles. The summed E-state index contributed by atoms with van der Waals surface area (Å²) in [5.74, 6) is -3.41. The third-order valence-electron chi connectivity index (χ3n) is 16.1. The Kier molecular flexibility index (Phi) is 24.4. The number of amides is 2. The van der Waals surface area contributed by atoms with Gasteiger partial charge in [0.15, 0.2) is 31.1 Å². The van der Waals surface area contributed by atoms with Gasteiger partial charge in [-0.25, -0.2) is 0 Å². The van der Waals surface area contributed by atoms with Gasteiger partial charge in [-0.1, -0.05) is 151 Å². The van der Waals surface area contributed by atoms with Gasteiger partial charge in [0, 0.05) is 32.2 Å². The molecule has 2 amide bonds. The van der Waals surface area contributed by atoms with E-state index in [4.69, 9.17) is 71.1 Å². The number of hydrogen-bond donors (Lipinski definition) is 0. The molecule has 94 heavy (non-hydrogen) atoms. The van der Waals surface area contributed by atoms with Gasteiger partial charge in [0.2, 0.25) is 0 Å². The van der Waals surface area contributed by atoms with E-state index >= 15 is 9.59 Å². The number of esters is 3. The number of ether oxygens (including phenoxy) is 15. The first kappa shape index (κ1) is 68.4. The van der Waals surface area contributed by atoms with E-state index in [-0.39, 0.29) is 63.9 Å². The van der Waals surface area contributed by atoms with Crippen LogP contribution in [-0.4, -0.2) is 160 Å². The Balaban J connectivity index is 1.14. The van der Waals surface area contributed by atoms with Crippen LogP contribution >= 0.6 is 0 Å². The number of carbonyl (C=O) groups excluding carboxylic acids is 5. The number of azide groups is 1. The number of benzene rings is 6. The largest absolute Gasteiger partial charge is 0.497 e. The van der Waals surface area contributed by atoms with Crippen molar-refractivity contribution in [1.82, 2.24) is 4.90 Å². The number of nitrogens with zero attached hydrogens (tertiary/aromatic N) is 4. The Hall–Kier alpha value is -8.46. The monoisotopic (exact) mass is 1290 g/mol. The molecular weight excluding hydrogens is 1220 g/mol. The van der Waals surface area contributed by atoms with E-state index in [0.29, 0.717) is 11.3 Å². The normalized spacial score (nSPS) is 26.6. The molecule has 0 bridgehead atoms. The third kappa shape index (κ3) is 17.7. The highest BCUT2D eigenvalue weighted by Crippen LogP contribution is 2.41. The molecule has 4 aliphatic heterocycles. The average molecular weight is 1290 g/mol. The lowest BCUT2D eigenvalue weighted by atomic mass is 9.93. The molecule has 0 radical (unpaired) electrons. The Morgan fingerprint density at radius 3 is 1.45 bits per heavy atom. The summed E-state index contributed by atoms with van der Waals surface area (Å²) in [7, 11) is 1.52. The van der Waals surface area contributed by atoms with Crippen molar-refractivity contribution >= 4 is 29.7 Å². The highest BCUT2D eigenvalue weighted by molar-refractivity contribution is 6.21. The van der Waals surface area contributed by atoms with Crippen LogP contribution in [0.2, 0.25) is 0 Å². The van der Waals surface area contributed by atoms with Crippen molar-refractivity contribution in [3.63, 3.8) is 0 Å². The fourth-order valence-electron chi connectivity index (χ4n) is 11.7. The zero-order valence-corrected chi connectivity index (χ0v) is 52.6. The first-order valence-electron chi connectivity index (χ1n) is 30.9. The number of rotatable bonds is 30. The van der Waals surface area contributed by atoms with Gasteiger partial charge < -0.3 is 71.1 Å². The van der Waals surface area contributed by atoms with E-state index in [0.717, 1.165) is 41.0 Å². The molecule has 24 heteroatoms. The van der Waals surface area contributed by atoms with Gasteiger partial charge in [0.1, 0.15) is 67.2 Å². The van der Waals surface area contributed by atoms with Crippen molar-refractivity contribution in [3.8, 4) is 5.75 Å². The van der Waals surface area contributed by atoms with Crippen LogP contribution < -0.4 is 4.74 Å². The summed E-state index contributed by atoms with van der Waals surface area (Å²) < 4.78 is 99.6. The Morgan fingerprint density at radius 2 is 0.926 bits per heavy atom. The summed E-state index contributed by atoms with van der Waals surface area (Å²) in [5, 5.41) is 3.70. The standard InChI is InChI=1S/C70H76N4O20/c1-43-58(84-37-48-22-12-7-13-23-48)62(85-38-49-24-14-8-15-25-49)64(87-39-50-26-16-9-17-27-50)69(88-43)93-59-55(41-81-36-47-20-10-6-11-21-47)91-68(82-35-34-72-73-71)57(74-66(78)53-28-18-19-29-54(53)67(74)79)61(59)94-70-65(90-46(4)77)63(86-40-51-30-32-52(80-5)33-31-51)60(89-45(3)76)56(92-70)42-83-44(2)75/h6-33,43,55-65,68-70H,34-42H2,1-5H3/t43-,55+,56+,57+,58+,59+,60-,61+,62+,63-,64-,65+,68+,69-,70-/m0/s1. The van der Waals surface area contributed by atoms with Crippen LogP contribution in [0.15, 0.2) is 175 Å². The van der Waals surface area contributed by atoms with Crippen molar-refractivity contribution in [2.24, 2.45) is 5.11 Å². The lowest BCUT2D eigenvalue weighted by molar-refractivity contribution is -0.384. The highest BCUT2D eigenvalue weighted by Gasteiger charge is 2.61. The molecule has 496 valence electrons. The van der Waals surface area contributed by atoms with Gasteiger partial charge in [-0.05, 0) is 64.5 Å². The van der Waals surface area contributed by atoms with E-state index in [2.05, 4.69) is 10.0 Å². The second-order valence-corrected chi connectivity index (χ2v) is 22.7. The molecule has 6 aromatic carbocycles. The zero-order chi connectivity index (χ0) is 65.9. The Morgan fingerprint density at radius 1 is 0.479 bits per heavy atom. The third-order valence-corrected chi connectivity index (χ3v) is 16.1. The van der Waals surface area contributed by atoms with Gasteiger partial charge >= 0.3 is 17.9 Å². The molecule has 3 saturated heterocycles. The molecule has 15 atom stereocenters. The van der Waals surface area contributed by atoms with Gasteiger partial charge in [-0.3, -0.25) is 28.9 Å². The Labute approximate surface area is 544 Å². The predicted octanol–water partition coefficient (Wildman–Crippen LogP) is 8.94. The maximum atomic E-state index is 15.3. The van der Waals surface area contributed by atoms with Crippen molar-refractivity contribution < 1.29 is 95.0 Å². The van der Waals surface area contributed by atoms with E-state index in [9.17, 15) is 19.9 Å². The Bertz CT molecular complexity index is 3440. The molecule has 0 N–H and O–H groups in total. The lowest BCUT2D eigenvalue weighted by Gasteiger charge is -2.52. The van der Waals surface area contributed by atoms with Crippen LogP contribution in [0, 0.1) is 0 Å². The van der Waals surface area contributed by atoms with Gasteiger partial charge in [-0.2, -0.15) is 0 Å². The zero-order valence-electron chi connectivity index (χ0n) is 52.6. The summed E-state index contributed by atoms with van der Waals surface area (Å²) >= 11 is 0. The molecule has 0 aliphatic carbocycles. The van der Waals surface area contributed by atoms with Gasteiger partial charge in [0.05, 0.1) is 70.6 Å². The van der Waals surface area contributed by atoms with Crippen LogP contribution in [-0.2, 0) is 114 Å². The molecule has 0 aromatic heterocycles. The summed E-state index contributed by atoms with van der Waals surface area (Å²) in [4.78, 5) is 74.1. The fraction of sp³-hybridized carbons (Fsp3) is 0.414. The maximum Gasteiger partial charge on any atom is 0.303 e. The molecule has 6 aromatic rings. The second kappa shape index (κ2) is 33.6. The van der Waals surface area contributed by atoms with Crippen molar-refractivity contribution in [2.45, 2.75) is 153 Å². The van der Waals surface area contributed by atoms with Crippen LogP contribution in [0.4, 0.5) is 0 Å². The smallest absolute Gasteiger partial charge is 0.303 e. The number of carbonyl (C=O) groups is 5. The molecule has 4 heterocycles. The fourth-order valence-corrected chi connectivity index (χ4v) is 11.7. The summed E-state index contributed by atoms with van der Waals surface area (Å²) in [5.41, 5.74) is 13.4. The van der Waals surface area contributed by atoms with E-state index in [1.807, 2.05) is 128 Å². The quantitative estimate of drug-likeness (QED) is 0.00773. The molecule has 4 aliphatic rings. The average Bonchev–Trinajstić information content (AvgIpc) is 1.43. The van der Waals surface area contributed by atoms with Crippen LogP contribution in [0.1, 0.15) is 76.2 Å². The summed E-state index contributed by atoms with van der Waals surface area (Å²) in [6.07, 6.45) is -19.6. The molecule has 0 unspecified atom stereocenters.